The van der Waals surface area contributed by atoms with E-state index in [2.05, 4.69) is 24.5 Å². The Morgan fingerprint density at radius 2 is 1.57 bits per heavy atom. The molecule has 1 saturated carbocycles. The van der Waals surface area contributed by atoms with E-state index in [9.17, 15) is 22.8 Å². The lowest BCUT2D eigenvalue weighted by atomic mass is 10.0. The van der Waals surface area contributed by atoms with Crippen molar-refractivity contribution in [2.24, 2.45) is 0 Å². The molecule has 40 heavy (non-hydrogen) atoms. The number of halogens is 3. The molecule has 210 valence electrons. The van der Waals surface area contributed by atoms with Gasteiger partial charge in [-0.2, -0.15) is 13.2 Å². The number of rotatable bonds is 8. The van der Waals surface area contributed by atoms with E-state index in [0.29, 0.717) is 23.2 Å². The van der Waals surface area contributed by atoms with E-state index >= 15 is 0 Å². The van der Waals surface area contributed by atoms with Gasteiger partial charge in [-0.1, -0.05) is 50.2 Å². The van der Waals surface area contributed by atoms with Gasteiger partial charge < -0.3 is 20.3 Å². The number of fused-ring (bicyclic) bond motifs is 1. The standard InChI is InChI=1S/C27H21F3N2O3.C4H11N/c28-27(29,30)21-8-4-17(5-9-21)16-32-15-12-18-2-1-3-22(23(18)32)24(33)31-26(13-14-26)20-10-6-19(7-11-20)25(34)35;1-3-5-4-2/h1-12,15H,13-14,16H2,(H,31,33)(H,34,35);5H,3-4H2,1-2H3. The maximum atomic E-state index is 13.4. The van der Waals surface area contributed by atoms with Crippen LogP contribution in [0.2, 0.25) is 0 Å². The van der Waals surface area contributed by atoms with Crippen LogP contribution in [0.1, 0.15) is 64.1 Å². The number of aromatic nitrogens is 1. The first-order valence-electron chi connectivity index (χ1n) is 13.2. The molecule has 1 amide bonds. The quantitative estimate of drug-likeness (QED) is 0.235. The fourth-order valence-corrected chi connectivity index (χ4v) is 4.65. The summed E-state index contributed by atoms with van der Waals surface area (Å²) in [6.45, 7) is 6.70. The lowest BCUT2D eigenvalue weighted by Gasteiger charge is -2.19. The van der Waals surface area contributed by atoms with Gasteiger partial charge in [-0.05, 0) is 73.5 Å². The van der Waals surface area contributed by atoms with Gasteiger partial charge in [0.05, 0.1) is 27.7 Å². The minimum Gasteiger partial charge on any atom is -0.478 e. The number of carboxylic acid groups (broad SMARTS) is 1. The Morgan fingerprint density at radius 3 is 2.10 bits per heavy atom. The highest BCUT2D eigenvalue weighted by Crippen LogP contribution is 2.46. The minimum absolute atomic E-state index is 0.182. The zero-order chi connectivity index (χ0) is 28.9. The second-order valence-corrected chi connectivity index (χ2v) is 9.76. The van der Waals surface area contributed by atoms with Gasteiger partial charge in [0.25, 0.3) is 5.91 Å². The predicted octanol–water partition coefficient (Wildman–Crippen LogP) is 6.44. The summed E-state index contributed by atoms with van der Waals surface area (Å²) in [5, 5.41) is 16.2. The van der Waals surface area contributed by atoms with E-state index in [1.54, 1.807) is 24.3 Å². The first kappa shape index (κ1) is 28.9. The Bertz CT molecular complexity index is 1470. The van der Waals surface area contributed by atoms with Crippen molar-refractivity contribution in [1.29, 1.82) is 0 Å². The number of carboxylic acids is 1. The summed E-state index contributed by atoms with van der Waals surface area (Å²) in [6, 6.07) is 18.8. The molecular weight excluding hydrogens is 519 g/mol. The zero-order valence-electron chi connectivity index (χ0n) is 22.4. The number of alkyl halides is 3. The Hall–Kier alpha value is -4.11. The number of benzene rings is 3. The molecule has 3 aromatic carbocycles. The van der Waals surface area contributed by atoms with Crippen LogP contribution in [0.3, 0.4) is 0 Å². The number of para-hydroxylation sites is 1. The number of carbonyl (C=O) groups is 2. The van der Waals surface area contributed by atoms with Crippen LogP contribution in [0.15, 0.2) is 79.0 Å². The SMILES string of the molecule is CCNCC.O=C(O)c1ccc(C2(NC(=O)c3cccc4ccn(Cc5ccc(C(F)(F)F)cc5)c34)CC2)cc1. The van der Waals surface area contributed by atoms with Crippen molar-refractivity contribution in [3.63, 3.8) is 0 Å². The number of amides is 1. The van der Waals surface area contributed by atoms with Gasteiger partial charge >= 0.3 is 12.1 Å². The van der Waals surface area contributed by atoms with Crippen molar-refractivity contribution in [3.8, 4) is 0 Å². The van der Waals surface area contributed by atoms with Crippen molar-refractivity contribution in [1.82, 2.24) is 15.2 Å². The fraction of sp³-hybridized carbons (Fsp3) is 0.290. The highest BCUT2D eigenvalue weighted by molar-refractivity contribution is 6.06. The van der Waals surface area contributed by atoms with Gasteiger partial charge in [0.15, 0.2) is 0 Å². The van der Waals surface area contributed by atoms with Gasteiger partial charge in [-0.15, -0.1) is 0 Å². The van der Waals surface area contributed by atoms with Crippen molar-refractivity contribution < 1.29 is 27.9 Å². The molecule has 0 saturated heterocycles. The van der Waals surface area contributed by atoms with Crippen LogP contribution in [0.5, 0.6) is 0 Å². The van der Waals surface area contributed by atoms with E-state index in [-0.39, 0.29) is 11.5 Å². The Morgan fingerprint density at radius 1 is 0.925 bits per heavy atom. The molecule has 0 aliphatic heterocycles. The topological polar surface area (TPSA) is 83.4 Å². The molecule has 9 heteroatoms. The minimum atomic E-state index is -4.39. The molecule has 0 radical (unpaired) electrons. The zero-order valence-corrected chi connectivity index (χ0v) is 22.4. The van der Waals surface area contributed by atoms with Crippen LogP contribution in [-0.2, 0) is 18.3 Å². The normalized spacial score (nSPS) is 13.8. The number of hydrogen-bond acceptors (Lipinski definition) is 3. The number of nitrogens with zero attached hydrogens (tertiary/aromatic N) is 1. The smallest absolute Gasteiger partial charge is 0.416 e. The van der Waals surface area contributed by atoms with Crippen LogP contribution in [-0.4, -0.2) is 34.6 Å². The summed E-state index contributed by atoms with van der Waals surface area (Å²) in [4.78, 5) is 24.5. The maximum Gasteiger partial charge on any atom is 0.416 e. The molecule has 1 aliphatic rings. The molecule has 1 aromatic heterocycles. The number of aromatic carboxylic acids is 1. The Kier molecular flexibility index (Phi) is 8.64. The third-order valence-electron chi connectivity index (χ3n) is 6.95. The van der Waals surface area contributed by atoms with Gasteiger partial charge in [0.1, 0.15) is 0 Å². The molecular formula is C31H32F3N3O3. The van der Waals surface area contributed by atoms with Gasteiger partial charge in [-0.3, -0.25) is 4.79 Å². The average molecular weight is 552 g/mol. The summed E-state index contributed by atoms with van der Waals surface area (Å²) < 4.78 is 40.5. The molecule has 1 heterocycles. The molecule has 3 N–H and O–H groups in total. The van der Waals surface area contributed by atoms with E-state index in [1.807, 2.05) is 22.9 Å². The van der Waals surface area contributed by atoms with Crippen LogP contribution in [0.4, 0.5) is 13.2 Å². The van der Waals surface area contributed by atoms with Crippen LogP contribution >= 0.6 is 0 Å². The lowest BCUT2D eigenvalue weighted by molar-refractivity contribution is -0.137. The molecule has 0 spiro atoms. The molecule has 1 fully saturated rings. The average Bonchev–Trinajstić information content (AvgIpc) is 3.60. The summed E-state index contributed by atoms with van der Waals surface area (Å²) in [5.74, 6) is -1.27. The molecule has 1 aliphatic carbocycles. The summed E-state index contributed by atoms with van der Waals surface area (Å²) in [7, 11) is 0. The highest BCUT2D eigenvalue weighted by Gasteiger charge is 2.46. The Labute approximate surface area is 230 Å². The number of nitrogens with one attached hydrogen (secondary N) is 2. The monoisotopic (exact) mass is 551 g/mol. The van der Waals surface area contributed by atoms with Crippen molar-refractivity contribution in [2.75, 3.05) is 13.1 Å². The van der Waals surface area contributed by atoms with Crippen LogP contribution < -0.4 is 10.6 Å². The molecule has 0 unspecified atom stereocenters. The maximum absolute atomic E-state index is 13.4. The lowest BCUT2D eigenvalue weighted by Crippen LogP contribution is -2.35. The largest absolute Gasteiger partial charge is 0.478 e. The Balaban J connectivity index is 0.000000681. The van der Waals surface area contributed by atoms with Gasteiger partial charge in [0.2, 0.25) is 0 Å². The fourth-order valence-electron chi connectivity index (χ4n) is 4.65. The van der Waals surface area contributed by atoms with Crippen LogP contribution in [0.25, 0.3) is 10.9 Å². The summed E-state index contributed by atoms with van der Waals surface area (Å²) in [5.41, 5.74) is 1.63. The van der Waals surface area contributed by atoms with Gasteiger partial charge in [0, 0.05) is 18.1 Å². The summed E-state index contributed by atoms with van der Waals surface area (Å²) >= 11 is 0. The molecule has 5 rings (SSSR count). The van der Waals surface area contributed by atoms with Crippen molar-refractivity contribution >= 4 is 22.8 Å². The van der Waals surface area contributed by atoms with Gasteiger partial charge in [-0.25, -0.2) is 4.79 Å². The molecule has 6 nitrogen and oxygen atoms in total. The second-order valence-electron chi connectivity index (χ2n) is 9.76. The molecule has 0 atom stereocenters. The number of carbonyl (C=O) groups excluding carboxylic acids is 1. The van der Waals surface area contributed by atoms with Crippen molar-refractivity contribution in [3.05, 3.63) is 107 Å². The van der Waals surface area contributed by atoms with E-state index in [0.717, 1.165) is 49.0 Å². The van der Waals surface area contributed by atoms with E-state index < -0.39 is 23.2 Å². The molecule has 4 aromatic rings. The first-order chi connectivity index (χ1) is 19.1. The van der Waals surface area contributed by atoms with Crippen LogP contribution in [0, 0.1) is 0 Å². The summed E-state index contributed by atoms with van der Waals surface area (Å²) in [6.07, 6.45) is -1.09. The number of hydrogen-bond donors (Lipinski definition) is 3. The second kappa shape index (κ2) is 12.0. The van der Waals surface area contributed by atoms with E-state index in [4.69, 9.17) is 5.11 Å². The third-order valence-corrected chi connectivity index (χ3v) is 6.95. The van der Waals surface area contributed by atoms with E-state index in [1.165, 1.54) is 24.3 Å². The first-order valence-corrected chi connectivity index (χ1v) is 13.2. The molecule has 0 bridgehead atoms. The highest BCUT2D eigenvalue weighted by atomic mass is 19.4. The van der Waals surface area contributed by atoms with Crippen molar-refractivity contribution in [2.45, 2.75) is 44.9 Å². The predicted molar refractivity (Wildman–Crippen MR) is 148 cm³/mol. The third kappa shape index (κ3) is 6.54.